The van der Waals surface area contributed by atoms with E-state index in [1.807, 2.05) is 20.0 Å². The summed E-state index contributed by atoms with van der Waals surface area (Å²) in [6.07, 6.45) is 7.87. The lowest BCUT2D eigenvalue weighted by Crippen LogP contribution is -2.41. The fraction of sp³-hybridized carbons (Fsp3) is 0.615. The van der Waals surface area contributed by atoms with Gasteiger partial charge in [-0.25, -0.2) is 15.0 Å². The molecule has 10 heteroatoms. The summed E-state index contributed by atoms with van der Waals surface area (Å²) >= 11 is 1.46. The minimum Gasteiger partial charge on any atom is -0.390 e. The van der Waals surface area contributed by atoms with Gasteiger partial charge in [0, 0.05) is 31.2 Å². The average Bonchev–Trinajstić information content (AvgIpc) is 3.57. The maximum Gasteiger partial charge on any atom is 0.226 e. The molecule has 2 N–H and O–H groups in total. The Kier molecular flexibility index (Phi) is 5.88. The van der Waals surface area contributed by atoms with Crippen molar-refractivity contribution in [3.63, 3.8) is 0 Å². The number of nitrogens with one attached hydrogen (secondary N) is 1. The number of aliphatic hydroxyl groups excluding tert-OH is 1. The number of rotatable bonds is 4. The summed E-state index contributed by atoms with van der Waals surface area (Å²) in [6.45, 7) is 6.57. The minimum atomic E-state index is -0.172. The molecule has 0 unspecified atom stereocenters. The van der Waals surface area contributed by atoms with Gasteiger partial charge in [-0.15, -0.1) is 0 Å². The van der Waals surface area contributed by atoms with Crippen LogP contribution in [0.2, 0.25) is 0 Å². The molecule has 5 heterocycles. The van der Waals surface area contributed by atoms with Crippen molar-refractivity contribution in [1.29, 1.82) is 0 Å². The largest absolute Gasteiger partial charge is 0.390 e. The first-order valence-electron chi connectivity index (χ1n) is 12.9. The highest BCUT2D eigenvalue weighted by Crippen LogP contribution is 2.51. The third-order valence-electron chi connectivity index (χ3n) is 8.46. The zero-order valence-electron chi connectivity index (χ0n) is 21.2. The molecule has 3 fully saturated rings. The number of hydrogen-bond acceptors (Lipinski definition) is 9. The Morgan fingerprint density at radius 1 is 1.22 bits per heavy atom. The van der Waals surface area contributed by atoms with Crippen LogP contribution in [0.1, 0.15) is 56.8 Å². The summed E-state index contributed by atoms with van der Waals surface area (Å²) in [6, 6.07) is 1.91. The second-order valence-corrected chi connectivity index (χ2v) is 12.0. The van der Waals surface area contributed by atoms with E-state index in [1.54, 1.807) is 6.20 Å². The topological polar surface area (TPSA) is 104 Å². The number of amides is 1. The van der Waals surface area contributed by atoms with Crippen LogP contribution >= 0.6 is 11.8 Å². The Balaban J connectivity index is 1.26. The molecule has 36 heavy (non-hydrogen) atoms. The maximum atomic E-state index is 12.7. The van der Waals surface area contributed by atoms with Gasteiger partial charge in [0.2, 0.25) is 5.91 Å². The number of carbonyl (C=O) groups excluding carboxylic acids is 1. The third-order valence-corrected chi connectivity index (χ3v) is 9.60. The van der Waals surface area contributed by atoms with Crippen LogP contribution in [0.15, 0.2) is 22.2 Å². The molecule has 0 aromatic carbocycles. The Hall–Kier alpha value is -2.43. The van der Waals surface area contributed by atoms with E-state index in [-0.39, 0.29) is 23.5 Å². The number of piperidine rings is 1. The fourth-order valence-corrected chi connectivity index (χ4v) is 6.98. The average molecular weight is 511 g/mol. The van der Waals surface area contributed by atoms with Gasteiger partial charge in [0.05, 0.1) is 42.7 Å². The first-order valence-corrected chi connectivity index (χ1v) is 13.7. The molecule has 0 bridgehead atoms. The number of fused-ring (bicyclic) bond motifs is 1. The van der Waals surface area contributed by atoms with E-state index in [9.17, 15) is 9.90 Å². The number of ether oxygens (including phenoxy) is 1. The SMILES string of the molecule is Cc1nc(N2CCC3(CC2)CO[C@@H](C)C3)c(CO)nc1Sc1ccnc2c1NC(=O)CC1(CC1)N2C. The molecule has 6 rings (SSSR count). The zero-order valence-corrected chi connectivity index (χ0v) is 22.0. The van der Waals surface area contributed by atoms with E-state index >= 15 is 0 Å². The van der Waals surface area contributed by atoms with Crippen LogP contribution in [0.4, 0.5) is 17.3 Å². The highest BCUT2D eigenvalue weighted by Gasteiger charge is 2.51. The van der Waals surface area contributed by atoms with Crippen molar-refractivity contribution in [3.05, 3.63) is 23.7 Å². The number of aliphatic hydroxyl groups is 1. The van der Waals surface area contributed by atoms with Crippen molar-refractivity contribution in [1.82, 2.24) is 15.0 Å². The number of hydrogen-bond donors (Lipinski definition) is 2. The molecule has 1 aliphatic carbocycles. The number of anilines is 3. The quantitative estimate of drug-likeness (QED) is 0.639. The van der Waals surface area contributed by atoms with Gasteiger partial charge in [-0.2, -0.15) is 0 Å². The lowest BCUT2D eigenvalue weighted by atomic mass is 9.77. The van der Waals surface area contributed by atoms with Crippen LogP contribution in [0.5, 0.6) is 0 Å². The molecular formula is C26H34N6O3S. The summed E-state index contributed by atoms with van der Waals surface area (Å²) in [4.78, 5) is 32.4. The molecule has 3 aliphatic heterocycles. The zero-order chi connectivity index (χ0) is 25.1. The van der Waals surface area contributed by atoms with E-state index < -0.39 is 0 Å². The van der Waals surface area contributed by atoms with Gasteiger partial charge < -0.3 is 25.0 Å². The number of nitrogens with zero attached hydrogens (tertiary/aromatic N) is 5. The van der Waals surface area contributed by atoms with Gasteiger partial charge in [-0.1, -0.05) is 11.8 Å². The van der Waals surface area contributed by atoms with Crippen LogP contribution < -0.4 is 15.1 Å². The number of aromatic nitrogens is 3. The van der Waals surface area contributed by atoms with Crippen molar-refractivity contribution in [3.8, 4) is 0 Å². The monoisotopic (exact) mass is 510 g/mol. The molecule has 2 aromatic rings. The Morgan fingerprint density at radius 3 is 2.67 bits per heavy atom. The minimum absolute atomic E-state index is 0.0204. The summed E-state index contributed by atoms with van der Waals surface area (Å²) < 4.78 is 5.88. The maximum absolute atomic E-state index is 12.7. The van der Waals surface area contributed by atoms with Crippen molar-refractivity contribution in [2.75, 3.05) is 41.9 Å². The van der Waals surface area contributed by atoms with Gasteiger partial charge in [0.25, 0.3) is 0 Å². The van der Waals surface area contributed by atoms with Crippen LogP contribution in [0.3, 0.4) is 0 Å². The van der Waals surface area contributed by atoms with E-state index in [4.69, 9.17) is 14.7 Å². The van der Waals surface area contributed by atoms with Crippen LogP contribution in [0, 0.1) is 12.3 Å². The molecule has 2 spiro atoms. The molecule has 9 nitrogen and oxygen atoms in total. The predicted octanol–water partition coefficient (Wildman–Crippen LogP) is 3.53. The van der Waals surface area contributed by atoms with Gasteiger partial charge in [0.15, 0.2) is 11.6 Å². The molecule has 2 aromatic heterocycles. The van der Waals surface area contributed by atoms with Gasteiger partial charge >= 0.3 is 0 Å². The van der Waals surface area contributed by atoms with Gasteiger partial charge in [-0.05, 0) is 57.4 Å². The normalized spacial score (nSPS) is 24.1. The molecule has 2 saturated heterocycles. The number of carbonyl (C=O) groups is 1. The Labute approximate surface area is 216 Å². The van der Waals surface area contributed by atoms with E-state index in [2.05, 4.69) is 27.0 Å². The fourth-order valence-electron chi connectivity index (χ4n) is 6.05. The van der Waals surface area contributed by atoms with Crippen molar-refractivity contribution in [2.45, 2.75) is 80.5 Å². The van der Waals surface area contributed by atoms with Gasteiger partial charge in [0.1, 0.15) is 10.7 Å². The second kappa shape index (κ2) is 8.85. The van der Waals surface area contributed by atoms with Crippen molar-refractivity contribution < 1.29 is 14.6 Å². The molecule has 1 saturated carbocycles. The lowest BCUT2D eigenvalue weighted by Gasteiger charge is -2.39. The number of pyridine rings is 1. The molecule has 0 radical (unpaired) electrons. The second-order valence-electron chi connectivity index (χ2n) is 11.0. The van der Waals surface area contributed by atoms with Crippen molar-refractivity contribution >= 4 is 35.0 Å². The third kappa shape index (κ3) is 4.13. The standard InChI is InChI=1S/C26H34N6O3S/c1-16-12-25(15-35-16)7-10-32(11-8-25)22-18(14-33)29-24(17(2)28-22)36-19-4-9-27-23-21(19)30-20(34)13-26(5-6-26)31(23)3/h4,9,16,33H,5-8,10-15H2,1-3H3,(H,30,34)/t16-/m0/s1. The summed E-state index contributed by atoms with van der Waals surface area (Å²) in [5.74, 6) is 1.59. The van der Waals surface area contributed by atoms with Crippen LogP contribution in [0.25, 0.3) is 0 Å². The van der Waals surface area contributed by atoms with Gasteiger partial charge in [-0.3, -0.25) is 4.79 Å². The Morgan fingerprint density at radius 2 is 2.00 bits per heavy atom. The van der Waals surface area contributed by atoms with E-state index in [0.717, 1.165) is 84.7 Å². The molecule has 1 amide bonds. The molecular weight excluding hydrogens is 476 g/mol. The highest BCUT2D eigenvalue weighted by atomic mass is 32.2. The molecule has 192 valence electrons. The Bertz CT molecular complexity index is 1190. The predicted molar refractivity (Wildman–Crippen MR) is 139 cm³/mol. The van der Waals surface area contributed by atoms with Crippen LogP contribution in [-0.4, -0.2) is 64.4 Å². The van der Waals surface area contributed by atoms with E-state index in [0.29, 0.717) is 18.2 Å². The van der Waals surface area contributed by atoms with Crippen LogP contribution in [-0.2, 0) is 16.1 Å². The highest BCUT2D eigenvalue weighted by molar-refractivity contribution is 7.99. The first-order chi connectivity index (χ1) is 17.3. The molecule has 4 aliphatic rings. The first kappa shape index (κ1) is 23.9. The summed E-state index contributed by atoms with van der Waals surface area (Å²) in [5.41, 5.74) is 2.30. The lowest BCUT2D eigenvalue weighted by molar-refractivity contribution is -0.116. The number of aryl methyl sites for hydroxylation is 1. The van der Waals surface area contributed by atoms with E-state index in [1.165, 1.54) is 11.8 Å². The smallest absolute Gasteiger partial charge is 0.226 e. The van der Waals surface area contributed by atoms with Crippen molar-refractivity contribution in [2.24, 2.45) is 5.41 Å². The molecule has 1 atom stereocenters. The summed E-state index contributed by atoms with van der Waals surface area (Å²) in [5, 5.41) is 14.0. The summed E-state index contributed by atoms with van der Waals surface area (Å²) in [7, 11) is 2.03.